The first-order valence-electron chi connectivity index (χ1n) is 10.3. The number of rotatable bonds is 4. The van der Waals surface area contributed by atoms with Crippen LogP contribution < -0.4 is 10.1 Å². The van der Waals surface area contributed by atoms with Gasteiger partial charge in [0.1, 0.15) is 11.4 Å². The molecule has 2 amide bonds. The summed E-state index contributed by atoms with van der Waals surface area (Å²) in [6.07, 6.45) is 2.31. The first kappa shape index (κ1) is 19.2. The van der Waals surface area contributed by atoms with E-state index < -0.39 is 6.10 Å². The highest BCUT2D eigenvalue weighted by Gasteiger charge is 2.33. The van der Waals surface area contributed by atoms with Crippen LogP contribution in [0.15, 0.2) is 53.2 Å². The first-order valence-corrected chi connectivity index (χ1v) is 10.3. The maximum atomic E-state index is 12.8. The van der Waals surface area contributed by atoms with Crippen LogP contribution in [-0.4, -0.2) is 51.0 Å². The van der Waals surface area contributed by atoms with Gasteiger partial charge in [-0.1, -0.05) is 23.4 Å². The van der Waals surface area contributed by atoms with Gasteiger partial charge in [0.2, 0.25) is 17.6 Å². The number of nitrogens with zero attached hydrogens (tertiary/aromatic N) is 4. The number of likely N-dealkylation sites (tertiary alicyclic amines) is 1. The molecule has 9 nitrogen and oxygen atoms in total. The molecule has 1 saturated heterocycles. The molecule has 1 unspecified atom stereocenters. The van der Waals surface area contributed by atoms with E-state index in [1.165, 1.54) is 0 Å². The molecule has 1 N–H and O–H groups in total. The summed E-state index contributed by atoms with van der Waals surface area (Å²) in [5.41, 5.74) is 1.29. The van der Waals surface area contributed by atoms with Gasteiger partial charge in [-0.2, -0.15) is 4.98 Å². The fraction of sp³-hybridized carbons (Fsp3) is 0.318. The van der Waals surface area contributed by atoms with Crippen LogP contribution in [0.25, 0.3) is 11.5 Å². The summed E-state index contributed by atoms with van der Waals surface area (Å²) in [4.78, 5) is 35.5. The molecule has 0 bridgehead atoms. The van der Waals surface area contributed by atoms with Crippen LogP contribution >= 0.6 is 0 Å². The number of fused-ring (bicyclic) bond motifs is 1. The Kier molecular flexibility index (Phi) is 5.07. The Morgan fingerprint density at radius 1 is 1.13 bits per heavy atom. The van der Waals surface area contributed by atoms with Gasteiger partial charge in [-0.15, -0.1) is 0 Å². The van der Waals surface area contributed by atoms with E-state index in [1.807, 2.05) is 30.3 Å². The van der Waals surface area contributed by atoms with Gasteiger partial charge in [0.25, 0.3) is 5.91 Å². The molecule has 0 aliphatic carbocycles. The summed E-state index contributed by atoms with van der Waals surface area (Å²) in [7, 11) is 0. The van der Waals surface area contributed by atoms with E-state index in [9.17, 15) is 9.59 Å². The number of hydrogen-bond acceptors (Lipinski definition) is 7. The van der Waals surface area contributed by atoms with Crippen molar-refractivity contribution in [2.24, 2.45) is 0 Å². The second kappa shape index (κ2) is 8.17. The maximum absolute atomic E-state index is 12.8. The highest BCUT2D eigenvalue weighted by molar-refractivity contribution is 5.99. The molecular formula is C22H21N5O4. The molecule has 31 heavy (non-hydrogen) atoms. The minimum absolute atomic E-state index is 0.00914. The number of piperidine rings is 1. The number of anilines is 1. The number of amides is 2. The molecule has 158 valence electrons. The fourth-order valence-corrected chi connectivity index (χ4v) is 3.89. The van der Waals surface area contributed by atoms with Gasteiger partial charge in [-0.3, -0.25) is 14.6 Å². The third-order valence-electron chi connectivity index (χ3n) is 5.60. The van der Waals surface area contributed by atoms with Crippen molar-refractivity contribution >= 4 is 17.5 Å². The molecule has 0 radical (unpaired) electrons. The van der Waals surface area contributed by atoms with Gasteiger partial charge in [0.15, 0.2) is 6.10 Å². The molecule has 0 spiro atoms. The molecule has 9 heteroatoms. The largest absolute Gasteiger partial charge is 0.478 e. The van der Waals surface area contributed by atoms with Crippen LogP contribution in [0.5, 0.6) is 5.75 Å². The van der Waals surface area contributed by atoms with Gasteiger partial charge in [-0.25, -0.2) is 0 Å². The second-order valence-corrected chi connectivity index (χ2v) is 7.62. The van der Waals surface area contributed by atoms with Crippen LogP contribution in [0.4, 0.5) is 5.69 Å². The Morgan fingerprint density at radius 3 is 2.74 bits per heavy atom. The molecule has 2 aliphatic rings. The van der Waals surface area contributed by atoms with Gasteiger partial charge < -0.3 is 19.5 Å². The van der Waals surface area contributed by atoms with Crippen LogP contribution in [-0.2, 0) is 9.59 Å². The monoisotopic (exact) mass is 419 g/mol. The number of nitrogens with one attached hydrogen (secondary N) is 1. The fourth-order valence-electron chi connectivity index (χ4n) is 3.89. The molecule has 3 aromatic rings. The minimum Gasteiger partial charge on any atom is -0.478 e. The summed E-state index contributed by atoms with van der Waals surface area (Å²) >= 11 is 0. The third kappa shape index (κ3) is 3.98. The van der Waals surface area contributed by atoms with Crippen molar-refractivity contribution in [3.63, 3.8) is 0 Å². The summed E-state index contributed by atoms with van der Waals surface area (Å²) < 4.78 is 11.2. The Bertz CT molecular complexity index is 1090. The van der Waals surface area contributed by atoms with Crippen molar-refractivity contribution in [3.8, 4) is 17.3 Å². The lowest BCUT2D eigenvalue weighted by Crippen LogP contribution is -2.44. The molecule has 5 rings (SSSR count). The molecule has 1 atom stereocenters. The average molecular weight is 419 g/mol. The number of benzene rings is 1. The van der Waals surface area contributed by atoms with Crippen molar-refractivity contribution in [3.05, 3.63) is 54.6 Å². The summed E-state index contributed by atoms with van der Waals surface area (Å²) in [6.45, 7) is 1.13. The molecular weight excluding hydrogens is 398 g/mol. The summed E-state index contributed by atoms with van der Waals surface area (Å²) in [5, 5.41) is 6.82. The quantitative estimate of drug-likeness (QED) is 0.692. The van der Waals surface area contributed by atoms with Crippen LogP contribution in [0, 0.1) is 0 Å². The van der Waals surface area contributed by atoms with Crippen molar-refractivity contribution in [2.45, 2.75) is 31.3 Å². The molecule has 2 aliphatic heterocycles. The lowest BCUT2D eigenvalue weighted by molar-refractivity contribution is -0.138. The van der Waals surface area contributed by atoms with E-state index in [4.69, 9.17) is 9.26 Å². The average Bonchev–Trinajstić information content (AvgIpc) is 3.31. The molecule has 0 saturated carbocycles. The molecule has 4 heterocycles. The number of aromatic nitrogens is 3. The van der Waals surface area contributed by atoms with E-state index >= 15 is 0 Å². The zero-order valence-corrected chi connectivity index (χ0v) is 16.7. The predicted molar refractivity (Wildman–Crippen MR) is 110 cm³/mol. The minimum atomic E-state index is -0.822. The molecule has 1 aromatic carbocycles. The maximum Gasteiger partial charge on any atom is 0.266 e. The number of hydrogen-bond donors (Lipinski definition) is 1. The zero-order valence-electron chi connectivity index (χ0n) is 16.7. The van der Waals surface area contributed by atoms with E-state index in [-0.39, 0.29) is 24.2 Å². The number of pyridine rings is 1. The SMILES string of the molecule is O=C1Nc2ccccc2OC1CC(=O)N1CCC(c2nc(-c3ccccn3)no2)CC1. The number of para-hydroxylation sites is 2. The smallest absolute Gasteiger partial charge is 0.266 e. The third-order valence-corrected chi connectivity index (χ3v) is 5.60. The lowest BCUT2D eigenvalue weighted by Gasteiger charge is -2.32. The van der Waals surface area contributed by atoms with E-state index in [1.54, 1.807) is 23.2 Å². The Labute approximate surface area is 178 Å². The van der Waals surface area contributed by atoms with E-state index in [0.717, 1.165) is 12.8 Å². The van der Waals surface area contributed by atoms with Crippen molar-refractivity contribution in [1.29, 1.82) is 0 Å². The topological polar surface area (TPSA) is 110 Å². The van der Waals surface area contributed by atoms with Gasteiger partial charge in [-0.05, 0) is 37.1 Å². The van der Waals surface area contributed by atoms with Gasteiger partial charge in [0, 0.05) is 25.2 Å². The highest BCUT2D eigenvalue weighted by atomic mass is 16.5. The highest BCUT2D eigenvalue weighted by Crippen LogP contribution is 2.31. The Balaban J connectivity index is 1.17. The summed E-state index contributed by atoms with van der Waals surface area (Å²) in [5.74, 6) is 1.32. The van der Waals surface area contributed by atoms with Crippen LogP contribution in [0.2, 0.25) is 0 Å². The second-order valence-electron chi connectivity index (χ2n) is 7.62. The Morgan fingerprint density at radius 2 is 1.94 bits per heavy atom. The zero-order chi connectivity index (χ0) is 21.2. The molecule has 1 fully saturated rings. The van der Waals surface area contributed by atoms with Crippen LogP contribution in [0.3, 0.4) is 0 Å². The van der Waals surface area contributed by atoms with E-state index in [2.05, 4.69) is 20.4 Å². The van der Waals surface area contributed by atoms with Crippen molar-refractivity contribution in [1.82, 2.24) is 20.0 Å². The van der Waals surface area contributed by atoms with Crippen molar-refractivity contribution < 1.29 is 18.8 Å². The predicted octanol–water partition coefficient (Wildman–Crippen LogP) is 2.63. The number of carbonyl (C=O) groups excluding carboxylic acids is 2. The number of ether oxygens (including phenoxy) is 1. The molecule has 2 aromatic heterocycles. The van der Waals surface area contributed by atoms with Crippen molar-refractivity contribution in [2.75, 3.05) is 18.4 Å². The lowest BCUT2D eigenvalue weighted by atomic mass is 9.96. The Hall–Kier alpha value is -3.75. The first-order chi connectivity index (χ1) is 15.2. The van der Waals surface area contributed by atoms with E-state index in [0.29, 0.717) is 41.9 Å². The summed E-state index contributed by atoms with van der Waals surface area (Å²) in [6, 6.07) is 12.7. The van der Waals surface area contributed by atoms with Crippen LogP contribution in [0.1, 0.15) is 31.1 Å². The normalized spacial score (nSPS) is 18.8. The standard InChI is InChI=1S/C22H21N5O4/c28-19(13-18-21(29)24-15-5-1-2-7-17(15)30-18)27-11-8-14(9-12-27)22-25-20(26-31-22)16-6-3-4-10-23-16/h1-7,10,14,18H,8-9,11-13H2,(H,24,29). The van der Waals surface area contributed by atoms with Gasteiger partial charge in [0.05, 0.1) is 12.1 Å². The van der Waals surface area contributed by atoms with Gasteiger partial charge >= 0.3 is 0 Å². The number of carbonyl (C=O) groups is 2.